The van der Waals surface area contributed by atoms with Gasteiger partial charge in [-0.05, 0) is 23.0 Å². The molecule has 0 aromatic heterocycles. The SMILES string of the molecule is C=C(CNCC(O)CC(C)(C)C)c1ccccc1. The third kappa shape index (κ3) is 5.99. The molecule has 1 aromatic carbocycles. The van der Waals surface area contributed by atoms with E-state index in [0.717, 1.165) is 17.6 Å². The smallest absolute Gasteiger partial charge is 0.0669 e. The number of aliphatic hydroxyl groups is 1. The summed E-state index contributed by atoms with van der Waals surface area (Å²) >= 11 is 0. The van der Waals surface area contributed by atoms with Crippen molar-refractivity contribution in [2.45, 2.75) is 33.3 Å². The normalized spacial score (nSPS) is 13.3. The molecule has 0 spiro atoms. The summed E-state index contributed by atoms with van der Waals surface area (Å²) in [6.45, 7) is 11.8. The Morgan fingerprint density at radius 3 is 2.44 bits per heavy atom. The molecule has 2 nitrogen and oxygen atoms in total. The molecular formula is C16H25NO. The Morgan fingerprint density at radius 1 is 1.28 bits per heavy atom. The van der Waals surface area contributed by atoms with Gasteiger partial charge in [0.05, 0.1) is 6.10 Å². The van der Waals surface area contributed by atoms with Crippen LogP contribution in [0.25, 0.3) is 5.57 Å². The van der Waals surface area contributed by atoms with Gasteiger partial charge in [-0.1, -0.05) is 57.7 Å². The van der Waals surface area contributed by atoms with Crippen LogP contribution in [0.15, 0.2) is 36.9 Å². The maximum absolute atomic E-state index is 9.88. The van der Waals surface area contributed by atoms with Crippen molar-refractivity contribution >= 4 is 5.57 Å². The highest BCUT2D eigenvalue weighted by Gasteiger charge is 2.16. The molecule has 100 valence electrons. The second-order valence-corrected chi connectivity index (χ2v) is 6.02. The molecular weight excluding hydrogens is 222 g/mol. The van der Waals surface area contributed by atoms with E-state index in [1.54, 1.807) is 0 Å². The van der Waals surface area contributed by atoms with Gasteiger partial charge in [0.2, 0.25) is 0 Å². The van der Waals surface area contributed by atoms with Gasteiger partial charge in [0.15, 0.2) is 0 Å². The van der Waals surface area contributed by atoms with Crippen LogP contribution in [0.4, 0.5) is 0 Å². The lowest BCUT2D eigenvalue weighted by molar-refractivity contribution is 0.121. The van der Waals surface area contributed by atoms with Crippen molar-refractivity contribution in [2.24, 2.45) is 5.41 Å². The number of nitrogens with one attached hydrogen (secondary N) is 1. The third-order valence-corrected chi connectivity index (χ3v) is 2.75. The van der Waals surface area contributed by atoms with Crippen LogP contribution in [0.5, 0.6) is 0 Å². The second-order valence-electron chi connectivity index (χ2n) is 6.02. The fraction of sp³-hybridized carbons (Fsp3) is 0.500. The minimum Gasteiger partial charge on any atom is -0.392 e. The van der Waals surface area contributed by atoms with E-state index in [-0.39, 0.29) is 11.5 Å². The average molecular weight is 247 g/mol. The summed E-state index contributed by atoms with van der Waals surface area (Å²) < 4.78 is 0. The molecule has 0 aliphatic rings. The monoisotopic (exact) mass is 247 g/mol. The van der Waals surface area contributed by atoms with Crippen molar-refractivity contribution < 1.29 is 5.11 Å². The van der Waals surface area contributed by atoms with Crippen molar-refractivity contribution in [1.82, 2.24) is 5.32 Å². The molecule has 1 aromatic rings. The van der Waals surface area contributed by atoms with E-state index in [9.17, 15) is 5.11 Å². The Balaban J connectivity index is 2.28. The molecule has 1 rings (SSSR count). The first-order valence-corrected chi connectivity index (χ1v) is 6.50. The summed E-state index contributed by atoms with van der Waals surface area (Å²) in [5.74, 6) is 0. The second kappa shape index (κ2) is 6.72. The zero-order chi connectivity index (χ0) is 13.6. The van der Waals surface area contributed by atoms with Crippen LogP contribution in [0.3, 0.4) is 0 Å². The summed E-state index contributed by atoms with van der Waals surface area (Å²) in [4.78, 5) is 0. The van der Waals surface area contributed by atoms with Gasteiger partial charge in [-0.3, -0.25) is 0 Å². The predicted molar refractivity (Wildman–Crippen MR) is 78.4 cm³/mol. The summed E-state index contributed by atoms with van der Waals surface area (Å²) in [5.41, 5.74) is 2.37. The summed E-state index contributed by atoms with van der Waals surface area (Å²) in [7, 11) is 0. The molecule has 0 aliphatic carbocycles. The Kier molecular flexibility index (Phi) is 5.57. The predicted octanol–water partition coefficient (Wildman–Crippen LogP) is 3.09. The maximum Gasteiger partial charge on any atom is 0.0669 e. The van der Waals surface area contributed by atoms with Gasteiger partial charge in [0.25, 0.3) is 0 Å². The van der Waals surface area contributed by atoms with Crippen molar-refractivity contribution in [1.29, 1.82) is 0 Å². The quantitative estimate of drug-likeness (QED) is 0.809. The number of hydrogen-bond acceptors (Lipinski definition) is 2. The molecule has 2 heteroatoms. The van der Waals surface area contributed by atoms with E-state index in [2.05, 4.69) is 44.8 Å². The molecule has 0 saturated heterocycles. The van der Waals surface area contributed by atoms with Crippen molar-refractivity contribution in [3.63, 3.8) is 0 Å². The van der Waals surface area contributed by atoms with Gasteiger partial charge in [-0.25, -0.2) is 0 Å². The van der Waals surface area contributed by atoms with Crippen LogP contribution in [-0.4, -0.2) is 24.3 Å². The van der Waals surface area contributed by atoms with Crippen molar-refractivity contribution in [2.75, 3.05) is 13.1 Å². The number of aliphatic hydroxyl groups excluding tert-OH is 1. The molecule has 1 atom stereocenters. The van der Waals surface area contributed by atoms with Crippen molar-refractivity contribution in [3.8, 4) is 0 Å². The van der Waals surface area contributed by atoms with Crippen LogP contribution in [0, 0.1) is 5.41 Å². The molecule has 0 heterocycles. The van der Waals surface area contributed by atoms with E-state index in [1.165, 1.54) is 0 Å². The first kappa shape index (κ1) is 14.9. The van der Waals surface area contributed by atoms with Gasteiger partial charge in [0.1, 0.15) is 0 Å². The molecule has 0 radical (unpaired) electrons. The van der Waals surface area contributed by atoms with Gasteiger partial charge in [-0.2, -0.15) is 0 Å². The maximum atomic E-state index is 9.88. The molecule has 18 heavy (non-hydrogen) atoms. The molecule has 0 bridgehead atoms. The topological polar surface area (TPSA) is 32.3 Å². The van der Waals surface area contributed by atoms with Gasteiger partial charge in [0, 0.05) is 13.1 Å². The Bertz CT molecular complexity index is 364. The number of benzene rings is 1. The average Bonchev–Trinajstić information content (AvgIpc) is 2.27. The number of rotatable bonds is 6. The van der Waals surface area contributed by atoms with Crippen molar-refractivity contribution in [3.05, 3.63) is 42.5 Å². The minimum absolute atomic E-state index is 0.164. The molecule has 0 saturated carbocycles. The lowest BCUT2D eigenvalue weighted by Crippen LogP contribution is -2.31. The molecule has 0 aliphatic heterocycles. The van der Waals surface area contributed by atoms with E-state index in [1.807, 2.05) is 18.2 Å². The molecule has 0 fully saturated rings. The Labute approximate surface area is 111 Å². The summed E-state index contributed by atoms with van der Waals surface area (Å²) in [6, 6.07) is 10.1. The van der Waals surface area contributed by atoms with Gasteiger partial charge < -0.3 is 10.4 Å². The molecule has 2 N–H and O–H groups in total. The van der Waals surface area contributed by atoms with Gasteiger partial charge in [-0.15, -0.1) is 0 Å². The highest BCUT2D eigenvalue weighted by atomic mass is 16.3. The zero-order valence-corrected chi connectivity index (χ0v) is 11.7. The summed E-state index contributed by atoms with van der Waals surface area (Å²) in [5, 5.41) is 13.1. The van der Waals surface area contributed by atoms with E-state index >= 15 is 0 Å². The lowest BCUT2D eigenvalue weighted by atomic mass is 9.89. The zero-order valence-electron chi connectivity index (χ0n) is 11.7. The van der Waals surface area contributed by atoms with Crippen LogP contribution >= 0.6 is 0 Å². The first-order valence-electron chi connectivity index (χ1n) is 6.50. The fourth-order valence-electron chi connectivity index (χ4n) is 1.94. The lowest BCUT2D eigenvalue weighted by Gasteiger charge is -2.22. The van der Waals surface area contributed by atoms with Gasteiger partial charge >= 0.3 is 0 Å². The third-order valence-electron chi connectivity index (χ3n) is 2.75. The standard InChI is InChI=1S/C16H25NO/c1-13(14-8-6-5-7-9-14)11-17-12-15(18)10-16(2,3)4/h5-9,15,17-18H,1,10-12H2,2-4H3. The number of hydrogen-bond donors (Lipinski definition) is 2. The Morgan fingerprint density at radius 2 is 1.89 bits per heavy atom. The van der Waals surface area contributed by atoms with Crippen LogP contribution in [0.2, 0.25) is 0 Å². The Hall–Kier alpha value is -1.12. The van der Waals surface area contributed by atoms with E-state index in [4.69, 9.17) is 0 Å². The summed E-state index contributed by atoms with van der Waals surface area (Å²) in [6.07, 6.45) is 0.506. The molecule has 1 unspecified atom stereocenters. The van der Waals surface area contributed by atoms with Crippen LogP contribution < -0.4 is 5.32 Å². The molecule has 0 amide bonds. The minimum atomic E-state index is -0.298. The first-order chi connectivity index (χ1) is 8.38. The highest BCUT2D eigenvalue weighted by Crippen LogP contribution is 2.20. The van der Waals surface area contributed by atoms with Crippen LogP contribution in [-0.2, 0) is 0 Å². The fourth-order valence-corrected chi connectivity index (χ4v) is 1.94. The van der Waals surface area contributed by atoms with Crippen LogP contribution in [0.1, 0.15) is 32.8 Å². The largest absolute Gasteiger partial charge is 0.392 e. The van der Waals surface area contributed by atoms with E-state index in [0.29, 0.717) is 13.1 Å². The highest BCUT2D eigenvalue weighted by molar-refractivity contribution is 5.64. The van der Waals surface area contributed by atoms with E-state index < -0.39 is 0 Å².